The molecule has 0 bridgehead atoms. The first kappa shape index (κ1) is 13.0. The van der Waals surface area contributed by atoms with Gasteiger partial charge in [0, 0.05) is 25.9 Å². The van der Waals surface area contributed by atoms with Crippen LogP contribution in [0.2, 0.25) is 0 Å². The normalized spacial score (nSPS) is 10.5. The van der Waals surface area contributed by atoms with E-state index >= 15 is 0 Å². The average Bonchev–Trinajstić information content (AvgIpc) is 2.84. The van der Waals surface area contributed by atoms with Crippen LogP contribution in [-0.4, -0.2) is 23.5 Å². The number of fused-ring (bicyclic) bond motifs is 1. The summed E-state index contributed by atoms with van der Waals surface area (Å²) in [4.78, 5) is 6.58. The smallest absolute Gasteiger partial charge is 0.139 e. The van der Waals surface area contributed by atoms with Crippen LogP contribution in [0.15, 0.2) is 42.6 Å². The molecule has 0 atom stereocenters. The molecular weight excluding hydrogens is 262 g/mol. The Kier molecular flexibility index (Phi) is 2.99. The first-order valence-corrected chi connectivity index (χ1v) is 6.55. The third-order valence-corrected chi connectivity index (χ3v) is 3.42. The van der Waals surface area contributed by atoms with Crippen LogP contribution < -0.4 is 10.6 Å². The summed E-state index contributed by atoms with van der Waals surface area (Å²) in [5.74, 6) is 0.573. The number of nitrogen functional groups attached to an aromatic ring is 1. The maximum atomic E-state index is 9.00. The molecule has 0 aliphatic rings. The van der Waals surface area contributed by atoms with Crippen molar-refractivity contribution in [1.29, 1.82) is 5.26 Å². The molecule has 21 heavy (non-hydrogen) atoms. The molecule has 0 saturated heterocycles. The van der Waals surface area contributed by atoms with Crippen molar-refractivity contribution in [3.8, 4) is 17.3 Å². The molecule has 0 amide bonds. The van der Waals surface area contributed by atoms with E-state index in [0.29, 0.717) is 17.1 Å². The molecule has 0 spiro atoms. The minimum absolute atomic E-state index is 0.573. The van der Waals surface area contributed by atoms with Crippen molar-refractivity contribution in [1.82, 2.24) is 9.38 Å². The molecule has 104 valence electrons. The number of hydrogen-bond acceptors (Lipinski definition) is 4. The summed E-state index contributed by atoms with van der Waals surface area (Å²) in [6.45, 7) is 0. The molecule has 0 saturated carbocycles. The monoisotopic (exact) mass is 277 g/mol. The van der Waals surface area contributed by atoms with E-state index in [1.54, 1.807) is 12.1 Å². The molecule has 5 nitrogen and oxygen atoms in total. The number of nitriles is 1. The van der Waals surface area contributed by atoms with Crippen molar-refractivity contribution in [2.24, 2.45) is 0 Å². The number of pyridine rings is 1. The molecule has 1 aromatic carbocycles. The van der Waals surface area contributed by atoms with Gasteiger partial charge >= 0.3 is 0 Å². The third kappa shape index (κ3) is 2.17. The van der Waals surface area contributed by atoms with E-state index in [1.165, 1.54) is 0 Å². The van der Waals surface area contributed by atoms with Crippen LogP contribution in [0.4, 0.5) is 11.5 Å². The van der Waals surface area contributed by atoms with E-state index in [1.807, 2.05) is 53.9 Å². The SMILES string of the molecule is CN(C)c1ccc2nc(-c3cccc(C#N)c3)c(N)n2c1. The zero-order chi connectivity index (χ0) is 15.0. The van der Waals surface area contributed by atoms with Crippen LogP contribution in [0.25, 0.3) is 16.9 Å². The second kappa shape index (κ2) is 4.84. The van der Waals surface area contributed by atoms with Crippen molar-refractivity contribution in [3.05, 3.63) is 48.2 Å². The Morgan fingerprint density at radius 2 is 2.05 bits per heavy atom. The van der Waals surface area contributed by atoms with Gasteiger partial charge in [0.2, 0.25) is 0 Å². The number of rotatable bonds is 2. The Hall–Kier alpha value is -3.00. The Morgan fingerprint density at radius 3 is 2.76 bits per heavy atom. The lowest BCUT2D eigenvalue weighted by molar-refractivity contribution is 1.09. The first-order valence-electron chi connectivity index (χ1n) is 6.55. The quantitative estimate of drug-likeness (QED) is 0.781. The maximum absolute atomic E-state index is 9.00. The molecule has 0 unspecified atom stereocenters. The fourth-order valence-electron chi connectivity index (χ4n) is 2.26. The lowest BCUT2D eigenvalue weighted by Gasteiger charge is -2.12. The molecule has 0 aliphatic carbocycles. The molecule has 0 radical (unpaired) electrons. The van der Waals surface area contributed by atoms with E-state index in [9.17, 15) is 0 Å². The van der Waals surface area contributed by atoms with Crippen molar-refractivity contribution >= 4 is 17.2 Å². The van der Waals surface area contributed by atoms with Gasteiger partial charge < -0.3 is 10.6 Å². The van der Waals surface area contributed by atoms with E-state index in [-0.39, 0.29) is 0 Å². The number of anilines is 2. The van der Waals surface area contributed by atoms with E-state index < -0.39 is 0 Å². The van der Waals surface area contributed by atoms with Gasteiger partial charge in [0.1, 0.15) is 17.2 Å². The predicted octanol–water partition coefficient (Wildman–Crippen LogP) is 2.52. The number of aromatic nitrogens is 2. The van der Waals surface area contributed by atoms with Crippen molar-refractivity contribution in [2.75, 3.05) is 24.7 Å². The minimum atomic E-state index is 0.573. The van der Waals surface area contributed by atoms with E-state index in [0.717, 1.165) is 16.9 Å². The van der Waals surface area contributed by atoms with Gasteiger partial charge in [-0.15, -0.1) is 0 Å². The summed E-state index contributed by atoms with van der Waals surface area (Å²) < 4.78 is 1.86. The van der Waals surface area contributed by atoms with E-state index in [2.05, 4.69) is 11.1 Å². The van der Waals surface area contributed by atoms with Gasteiger partial charge in [0.15, 0.2) is 0 Å². The van der Waals surface area contributed by atoms with Crippen LogP contribution in [0, 0.1) is 11.3 Å². The van der Waals surface area contributed by atoms with Gasteiger partial charge in [-0.05, 0) is 24.3 Å². The van der Waals surface area contributed by atoms with Crippen molar-refractivity contribution in [2.45, 2.75) is 0 Å². The highest BCUT2D eigenvalue weighted by atomic mass is 15.1. The second-order valence-electron chi connectivity index (χ2n) is 5.05. The molecule has 5 heteroatoms. The van der Waals surface area contributed by atoms with Crippen LogP contribution in [0.3, 0.4) is 0 Å². The Balaban J connectivity index is 2.20. The molecule has 3 rings (SSSR count). The standard InChI is InChI=1S/C16H15N5/c1-20(2)13-6-7-14-19-15(16(18)21(14)10-13)12-5-3-4-11(8-12)9-17/h3-8,10H,18H2,1-2H3. The Labute approximate surface area is 122 Å². The van der Waals surface area contributed by atoms with E-state index in [4.69, 9.17) is 11.0 Å². The van der Waals surface area contributed by atoms with Crippen LogP contribution in [-0.2, 0) is 0 Å². The van der Waals surface area contributed by atoms with Gasteiger partial charge in [0.25, 0.3) is 0 Å². The molecule has 0 fully saturated rings. The molecular formula is C16H15N5. The number of nitrogens with two attached hydrogens (primary N) is 1. The summed E-state index contributed by atoms with van der Waals surface area (Å²) in [6.07, 6.45) is 1.95. The Bertz CT molecular complexity index is 855. The second-order valence-corrected chi connectivity index (χ2v) is 5.05. The summed E-state index contributed by atoms with van der Waals surface area (Å²) in [5, 5.41) is 9.00. The summed E-state index contributed by atoms with van der Waals surface area (Å²) in [5.41, 5.74) is 10.2. The van der Waals surface area contributed by atoms with Gasteiger partial charge in [-0.1, -0.05) is 12.1 Å². The van der Waals surface area contributed by atoms with Crippen LogP contribution >= 0.6 is 0 Å². The zero-order valence-corrected chi connectivity index (χ0v) is 11.9. The summed E-state index contributed by atoms with van der Waals surface area (Å²) >= 11 is 0. The summed E-state index contributed by atoms with van der Waals surface area (Å²) in [6, 6.07) is 13.4. The molecule has 2 aromatic heterocycles. The third-order valence-electron chi connectivity index (χ3n) is 3.42. The zero-order valence-electron chi connectivity index (χ0n) is 11.9. The Morgan fingerprint density at radius 1 is 1.24 bits per heavy atom. The highest BCUT2D eigenvalue weighted by molar-refractivity contribution is 5.76. The number of nitrogens with zero attached hydrogens (tertiary/aromatic N) is 4. The van der Waals surface area contributed by atoms with Crippen LogP contribution in [0.1, 0.15) is 5.56 Å². The van der Waals surface area contributed by atoms with Gasteiger partial charge in [0.05, 0.1) is 17.3 Å². The molecule has 2 N–H and O–H groups in total. The van der Waals surface area contributed by atoms with Crippen LogP contribution in [0.5, 0.6) is 0 Å². The first-order chi connectivity index (χ1) is 10.1. The highest BCUT2D eigenvalue weighted by Gasteiger charge is 2.12. The number of hydrogen-bond donors (Lipinski definition) is 1. The average molecular weight is 277 g/mol. The lowest BCUT2D eigenvalue weighted by Crippen LogP contribution is -2.09. The number of imidazole rings is 1. The maximum Gasteiger partial charge on any atom is 0.139 e. The van der Waals surface area contributed by atoms with Crippen molar-refractivity contribution in [3.63, 3.8) is 0 Å². The summed E-state index contributed by atoms with van der Waals surface area (Å²) in [7, 11) is 3.96. The predicted molar refractivity (Wildman–Crippen MR) is 84.1 cm³/mol. The number of benzene rings is 1. The van der Waals surface area contributed by atoms with Gasteiger partial charge in [-0.3, -0.25) is 4.40 Å². The topological polar surface area (TPSA) is 70.3 Å². The minimum Gasteiger partial charge on any atom is -0.383 e. The molecule has 2 heterocycles. The van der Waals surface area contributed by atoms with Gasteiger partial charge in [-0.25, -0.2) is 4.98 Å². The fourth-order valence-corrected chi connectivity index (χ4v) is 2.26. The fraction of sp³-hybridized carbons (Fsp3) is 0.125. The van der Waals surface area contributed by atoms with Gasteiger partial charge in [-0.2, -0.15) is 5.26 Å². The lowest BCUT2D eigenvalue weighted by atomic mass is 10.1. The highest BCUT2D eigenvalue weighted by Crippen LogP contribution is 2.28. The molecule has 3 aromatic rings. The molecule has 0 aliphatic heterocycles. The largest absolute Gasteiger partial charge is 0.383 e. The van der Waals surface area contributed by atoms with Crippen molar-refractivity contribution < 1.29 is 0 Å².